The van der Waals surface area contributed by atoms with Crippen LogP contribution in [0.3, 0.4) is 0 Å². The lowest BCUT2D eigenvalue weighted by Gasteiger charge is -2.33. The van der Waals surface area contributed by atoms with Gasteiger partial charge in [0.2, 0.25) is 0 Å². The number of nitrogens with one attached hydrogen (secondary N) is 1. The monoisotopic (exact) mass is 616 g/mol. The van der Waals surface area contributed by atoms with Crippen LogP contribution in [0.4, 0.5) is 10.2 Å². The molecule has 1 aliphatic carbocycles. The van der Waals surface area contributed by atoms with Gasteiger partial charge in [-0.2, -0.15) is 9.97 Å². The number of benzene rings is 1. The summed E-state index contributed by atoms with van der Waals surface area (Å²) in [5.41, 5.74) is 7.99. The van der Waals surface area contributed by atoms with Crippen molar-refractivity contribution in [2.45, 2.75) is 146 Å². The molecule has 2 fully saturated rings. The Balaban J connectivity index is 2.10. The summed E-state index contributed by atoms with van der Waals surface area (Å²) < 4.78 is 23.8. The SMILES string of the molecule is C/C=C(C)\C(C)=C(/C(=N)c1c(CC)c(CC)c2c(N3C(CC)CCC3CC)nc(OCC3(CC)CC3)nc2c1F)C(C)=C(C)C. The second-order valence-electron chi connectivity index (χ2n) is 13.6. The third-order valence-corrected chi connectivity index (χ3v) is 11.0. The van der Waals surface area contributed by atoms with Crippen LogP contribution in [0.5, 0.6) is 6.01 Å². The van der Waals surface area contributed by atoms with Crippen LogP contribution in [0.15, 0.2) is 33.9 Å². The standard InChI is InChI=1S/C39H57FN4O/c1-12-24(9)26(11)31(25(10)23(7)8)35(41)32-29(15-4)30(16-5)33-36(34(32)40)42-38(45-22-39(17-6)20-21-39)43-37(33)44-27(13-2)18-19-28(44)14-3/h12,27-28,41H,13-22H2,1-11H3/b24-12-,31-26-,41-35?. The van der Waals surface area contributed by atoms with E-state index in [1.54, 1.807) is 0 Å². The van der Waals surface area contributed by atoms with Crippen molar-refractivity contribution in [3.05, 3.63) is 56.4 Å². The van der Waals surface area contributed by atoms with Gasteiger partial charge in [0.15, 0.2) is 5.82 Å². The molecule has 2 unspecified atom stereocenters. The third kappa shape index (κ3) is 6.49. The molecule has 246 valence electrons. The maximum Gasteiger partial charge on any atom is 0.319 e. The Kier molecular flexibility index (Phi) is 11.0. The van der Waals surface area contributed by atoms with Crippen LogP contribution in [-0.4, -0.2) is 34.4 Å². The number of rotatable bonds is 13. The first-order valence-corrected chi connectivity index (χ1v) is 17.5. The van der Waals surface area contributed by atoms with E-state index in [9.17, 15) is 5.41 Å². The molecule has 1 aliphatic heterocycles. The number of aryl methyl sites for hydroxylation is 1. The molecule has 2 atom stereocenters. The van der Waals surface area contributed by atoms with Gasteiger partial charge in [0.25, 0.3) is 0 Å². The fraction of sp³-hybridized carbons (Fsp3) is 0.615. The summed E-state index contributed by atoms with van der Waals surface area (Å²) in [5.74, 6) is 0.382. The van der Waals surface area contributed by atoms with Gasteiger partial charge in [-0.15, -0.1) is 0 Å². The molecule has 6 heteroatoms. The summed E-state index contributed by atoms with van der Waals surface area (Å²) in [4.78, 5) is 12.5. The molecular weight excluding hydrogens is 559 g/mol. The lowest BCUT2D eigenvalue weighted by Crippen LogP contribution is -2.36. The molecule has 5 nitrogen and oxygen atoms in total. The summed E-state index contributed by atoms with van der Waals surface area (Å²) in [6, 6.07) is 0.931. The molecule has 4 rings (SSSR count). The minimum absolute atomic E-state index is 0.181. The van der Waals surface area contributed by atoms with Gasteiger partial charge >= 0.3 is 6.01 Å². The van der Waals surface area contributed by atoms with Crippen molar-refractivity contribution in [1.82, 2.24) is 9.97 Å². The number of fused-ring (bicyclic) bond motifs is 1. The Morgan fingerprint density at radius 1 is 0.933 bits per heavy atom. The average molecular weight is 617 g/mol. The van der Waals surface area contributed by atoms with Gasteiger partial charge in [0.05, 0.1) is 12.3 Å². The van der Waals surface area contributed by atoms with Gasteiger partial charge < -0.3 is 9.64 Å². The molecule has 1 N–H and O–H groups in total. The number of halogens is 1. The van der Waals surface area contributed by atoms with Crippen LogP contribution in [0.25, 0.3) is 10.9 Å². The highest BCUT2D eigenvalue weighted by Gasteiger charge is 2.42. The van der Waals surface area contributed by atoms with Crippen LogP contribution in [0, 0.1) is 16.6 Å². The van der Waals surface area contributed by atoms with Crippen molar-refractivity contribution in [2.75, 3.05) is 11.5 Å². The first kappa shape index (κ1) is 34.8. The summed E-state index contributed by atoms with van der Waals surface area (Å²) in [6.45, 7) is 23.7. The number of anilines is 1. The maximum atomic E-state index is 17.5. The number of nitrogens with zero attached hydrogens (tertiary/aromatic N) is 3. The molecule has 2 aliphatic rings. The molecule has 0 spiro atoms. The van der Waals surface area contributed by atoms with E-state index in [0.717, 1.165) is 95.1 Å². The highest BCUT2D eigenvalue weighted by atomic mass is 19.1. The van der Waals surface area contributed by atoms with Crippen molar-refractivity contribution in [3.8, 4) is 6.01 Å². The highest BCUT2D eigenvalue weighted by Crippen LogP contribution is 2.49. The van der Waals surface area contributed by atoms with Crippen LogP contribution in [-0.2, 0) is 12.8 Å². The van der Waals surface area contributed by atoms with Crippen LogP contribution >= 0.6 is 0 Å². The second kappa shape index (κ2) is 14.2. The first-order valence-electron chi connectivity index (χ1n) is 17.5. The van der Waals surface area contributed by atoms with Gasteiger partial charge in [-0.05, 0) is 122 Å². The van der Waals surface area contributed by atoms with Gasteiger partial charge in [0, 0.05) is 34.0 Å². The van der Waals surface area contributed by atoms with E-state index in [0.29, 0.717) is 37.1 Å². The third-order valence-electron chi connectivity index (χ3n) is 11.0. The normalized spacial score (nSPS) is 20.0. The van der Waals surface area contributed by atoms with Crippen LogP contribution < -0.4 is 9.64 Å². The zero-order valence-corrected chi connectivity index (χ0v) is 29.9. The number of hydrogen-bond acceptors (Lipinski definition) is 5. The van der Waals surface area contributed by atoms with Gasteiger partial charge in [-0.3, -0.25) is 5.41 Å². The Labute approximate surface area is 272 Å². The fourth-order valence-electron chi connectivity index (χ4n) is 7.26. The molecule has 0 bridgehead atoms. The van der Waals surface area contributed by atoms with E-state index in [2.05, 4.69) is 66.4 Å². The van der Waals surface area contributed by atoms with E-state index < -0.39 is 5.82 Å². The van der Waals surface area contributed by atoms with Crippen LogP contribution in [0.2, 0.25) is 0 Å². The van der Waals surface area contributed by atoms with E-state index in [-0.39, 0.29) is 22.7 Å². The zero-order chi connectivity index (χ0) is 33.2. The molecule has 1 saturated heterocycles. The number of ether oxygens (including phenoxy) is 1. The quantitative estimate of drug-likeness (QED) is 0.180. The molecule has 45 heavy (non-hydrogen) atoms. The maximum absolute atomic E-state index is 17.5. The van der Waals surface area contributed by atoms with Gasteiger partial charge in [0.1, 0.15) is 11.3 Å². The average Bonchev–Trinajstić information content (AvgIpc) is 3.71. The van der Waals surface area contributed by atoms with Gasteiger partial charge in [-0.25, -0.2) is 4.39 Å². The predicted octanol–water partition coefficient (Wildman–Crippen LogP) is 10.6. The molecule has 1 saturated carbocycles. The smallest absolute Gasteiger partial charge is 0.319 e. The summed E-state index contributed by atoms with van der Waals surface area (Å²) in [5, 5.41) is 10.5. The first-order chi connectivity index (χ1) is 21.4. The van der Waals surface area contributed by atoms with Crippen molar-refractivity contribution >= 4 is 22.4 Å². The summed E-state index contributed by atoms with van der Waals surface area (Å²) in [6.07, 6.45) is 10.9. The molecule has 0 radical (unpaired) electrons. The Bertz CT molecular complexity index is 1530. The minimum atomic E-state index is -0.431. The minimum Gasteiger partial charge on any atom is -0.463 e. The zero-order valence-electron chi connectivity index (χ0n) is 29.9. The molecule has 1 aromatic heterocycles. The Morgan fingerprint density at radius 3 is 2.00 bits per heavy atom. The van der Waals surface area contributed by atoms with Crippen molar-refractivity contribution < 1.29 is 9.13 Å². The van der Waals surface area contributed by atoms with E-state index in [1.807, 2.05) is 20.8 Å². The van der Waals surface area contributed by atoms with E-state index >= 15 is 4.39 Å². The number of allylic oxidation sites excluding steroid dienone is 6. The predicted molar refractivity (Wildman–Crippen MR) is 189 cm³/mol. The lowest BCUT2D eigenvalue weighted by molar-refractivity contribution is 0.214. The molecule has 2 aromatic rings. The Hall–Kier alpha value is -3.02. The number of hydrogen-bond donors (Lipinski definition) is 1. The molecule has 1 aromatic carbocycles. The number of aromatic nitrogens is 2. The molecular formula is C39H57FN4O. The molecule has 2 heterocycles. The van der Waals surface area contributed by atoms with Crippen molar-refractivity contribution in [1.29, 1.82) is 5.41 Å². The highest BCUT2D eigenvalue weighted by molar-refractivity contribution is 6.17. The van der Waals surface area contributed by atoms with E-state index in [1.165, 1.54) is 0 Å². The van der Waals surface area contributed by atoms with Crippen molar-refractivity contribution in [3.63, 3.8) is 0 Å². The van der Waals surface area contributed by atoms with E-state index in [4.69, 9.17) is 14.7 Å². The van der Waals surface area contributed by atoms with Crippen molar-refractivity contribution in [2.24, 2.45) is 5.41 Å². The van der Waals surface area contributed by atoms with Gasteiger partial charge in [-0.1, -0.05) is 51.8 Å². The Morgan fingerprint density at radius 2 is 1.53 bits per heavy atom. The van der Waals surface area contributed by atoms with Crippen LogP contribution in [0.1, 0.15) is 138 Å². The largest absolute Gasteiger partial charge is 0.463 e. The topological polar surface area (TPSA) is 62.1 Å². The fourth-order valence-corrected chi connectivity index (χ4v) is 7.26. The molecule has 0 amide bonds. The summed E-state index contributed by atoms with van der Waals surface area (Å²) in [7, 11) is 0. The second-order valence-corrected chi connectivity index (χ2v) is 13.6. The summed E-state index contributed by atoms with van der Waals surface area (Å²) >= 11 is 0. The lowest BCUT2D eigenvalue weighted by atomic mass is 9.83.